The lowest BCUT2D eigenvalue weighted by Gasteiger charge is -2.10. The number of sulfonamides is 1. The first-order valence-electron chi connectivity index (χ1n) is 6.93. The molecule has 1 aromatic heterocycles. The van der Waals surface area contributed by atoms with Gasteiger partial charge >= 0.3 is 4.87 Å². The van der Waals surface area contributed by atoms with Crippen molar-refractivity contribution in [1.82, 2.24) is 4.57 Å². The highest BCUT2D eigenvalue weighted by Gasteiger charge is 2.20. The molecule has 24 heavy (non-hydrogen) atoms. The number of aromatic nitrogens is 1. The van der Waals surface area contributed by atoms with E-state index in [1.807, 2.05) is 4.72 Å². The standard InChI is InChI=1S/C15H12F2N2O3S2/c1-2-19-12-7-6-9(8-13(12)23-15(19)20)24(21,22)18-14-10(16)4-3-5-11(14)17/h3-8,18H,2H2,1H3. The van der Waals surface area contributed by atoms with E-state index in [1.54, 1.807) is 6.92 Å². The number of nitrogens with zero attached hydrogens (tertiary/aromatic N) is 1. The number of anilines is 1. The van der Waals surface area contributed by atoms with Gasteiger partial charge in [-0.1, -0.05) is 17.4 Å². The summed E-state index contributed by atoms with van der Waals surface area (Å²) < 4.78 is 56.0. The van der Waals surface area contributed by atoms with Crippen LogP contribution < -0.4 is 9.60 Å². The van der Waals surface area contributed by atoms with E-state index < -0.39 is 27.3 Å². The Morgan fingerprint density at radius 1 is 1.17 bits per heavy atom. The second-order valence-electron chi connectivity index (χ2n) is 4.94. The number of hydrogen-bond acceptors (Lipinski definition) is 4. The Balaban J connectivity index is 2.07. The van der Waals surface area contributed by atoms with Gasteiger partial charge in [0.2, 0.25) is 0 Å². The first kappa shape index (κ1) is 16.6. The van der Waals surface area contributed by atoms with Gasteiger partial charge < -0.3 is 0 Å². The SMILES string of the molecule is CCn1c(=O)sc2cc(S(=O)(=O)Nc3c(F)cccc3F)ccc21. The molecule has 3 aromatic rings. The number of benzene rings is 2. The van der Waals surface area contributed by atoms with Crippen LogP contribution >= 0.6 is 11.3 Å². The Hall–Kier alpha value is -2.26. The highest BCUT2D eigenvalue weighted by Crippen LogP contribution is 2.25. The monoisotopic (exact) mass is 370 g/mol. The minimum Gasteiger partial charge on any atom is -0.299 e. The maximum absolute atomic E-state index is 13.6. The van der Waals surface area contributed by atoms with E-state index in [1.165, 1.54) is 22.8 Å². The summed E-state index contributed by atoms with van der Waals surface area (Å²) in [4.78, 5) is 11.5. The van der Waals surface area contributed by atoms with Gasteiger partial charge in [0.1, 0.15) is 17.3 Å². The average molecular weight is 370 g/mol. The number of fused-ring (bicyclic) bond motifs is 1. The summed E-state index contributed by atoms with van der Waals surface area (Å²) in [6, 6.07) is 7.16. The smallest absolute Gasteiger partial charge is 0.299 e. The molecule has 0 aliphatic rings. The van der Waals surface area contributed by atoms with Gasteiger partial charge in [-0.15, -0.1) is 0 Å². The predicted octanol–water partition coefficient (Wildman–Crippen LogP) is 3.16. The number of para-hydroxylation sites is 1. The molecular formula is C15H12F2N2O3S2. The molecular weight excluding hydrogens is 358 g/mol. The van der Waals surface area contributed by atoms with Gasteiger partial charge in [-0.2, -0.15) is 0 Å². The van der Waals surface area contributed by atoms with Crippen molar-refractivity contribution in [1.29, 1.82) is 0 Å². The van der Waals surface area contributed by atoms with Crippen molar-refractivity contribution >= 4 is 37.3 Å². The van der Waals surface area contributed by atoms with Gasteiger partial charge in [-0.05, 0) is 37.3 Å². The van der Waals surface area contributed by atoms with E-state index in [9.17, 15) is 22.0 Å². The lowest BCUT2D eigenvalue weighted by molar-refractivity contribution is 0.583. The zero-order valence-electron chi connectivity index (χ0n) is 12.4. The zero-order chi connectivity index (χ0) is 17.5. The largest absolute Gasteiger partial charge is 0.308 e. The Morgan fingerprint density at radius 3 is 2.46 bits per heavy atom. The van der Waals surface area contributed by atoms with Crippen LogP contribution in [0.4, 0.5) is 14.5 Å². The average Bonchev–Trinajstić information content (AvgIpc) is 2.85. The van der Waals surface area contributed by atoms with Gasteiger partial charge in [0.25, 0.3) is 10.0 Å². The second kappa shape index (κ2) is 5.99. The summed E-state index contributed by atoms with van der Waals surface area (Å²) in [6.07, 6.45) is 0. The van der Waals surface area contributed by atoms with Gasteiger partial charge in [0, 0.05) is 6.54 Å². The molecule has 0 bridgehead atoms. The summed E-state index contributed by atoms with van der Waals surface area (Å²) in [6.45, 7) is 2.27. The quantitative estimate of drug-likeness (QED) is 0.767. The highest BCUT2D eigenvalue weighted by molar-refractivity contribution is 7.92. The van der Waals surface area contributed by atoms with Crippen LogP contribution in [-0.2, 0) is 16.6 Å². The highest BCUT2D eigenvalue weighted by atomic mass is 32.2. The molecule has 0 atom stereocenters. The fourth-order valence-corrected chi connectivity index (χ4v) is 4.47. The fourth-order valence-electron chi connectivity index (χ4n) is 2.30. The van der Waals surface area contributed by atoms with Crippen LogP contribution in [0.2, 0.25) is 0 Å². The van der Waals surface area contributed by atoms with Crippen LogP contribution in [0.1, 0.15) is 6.92 Å². The van der Waals surface area contributed by atoms with Crippen LogP contribution in [-0.4, -0.2) is 13.0 Å². The number of halogens is 2. The molecule has 5 nitrogen and oxygen atoms in total. The minimum absolute atomic E-state index is 0.179. The number of nitrogens with one attached hydrogen (secondary N) is 1. The lowest BCUT2D eigenvalue weighted by Crippen LogP contribution is -2.15. The van der Waals surface area contributed by atoms with E-state index in [2.05, 4.69) is 0 Å². The Labute approximate surface area is 140 Å². The fraction of sp³-hybridized carbons (Fsp3) is 0.133. The van der Waals surface area contributed by atoms with Gasteiger partial charge in [-0.3, -0.25) is 14.1 Å². The van der Waals surface area contributed by atoms with E-state index in [0.717, 1.165) is 29.5 Å². The van der Waals surface area contributed by atoms with Gasteiger partial charge in [-0.25, -0.2) is 17.2 Å². The van der Waals surface area contributed by atoms with Crippen LogP contribution in [0.5, 0.6) is 0 Å². The third kappa shape index (κ3) is 2.80. The third-order valence-electron chi connectivity index (χ3n) is 3.47. The molecule has 0 spiro atoms. The maximum atomic E-state index is 13.6. The molecule has 126 valence electrons. The summed E-state index contributed by atoms with van der Waals surface area (Å²) in [5, 5.41) is 0. The van der Waals surface area contributed by atoms with Crippen molar-refractivity contribution < 1.29 is 17.2 Å². The molecule has 3 rings (SSSR count). The Bertz CT molecular complexity index is 1070. The first-order valence-corrected chi connectivity index (χ1v) is 9.23. The van der Waals surface area contributed by atoms with Crippen molar-refractivity contribution in [3.05, 3.63) is 57.7 Å². The molecule has 0 aliphatic heterocycles. The molecule has 0 saturated carbocycles. The molecule has 1 heterocycles. The number of aryl methyl sites for hydroxylation is 1. The zero-order valence-corrected chi connectivity index (χ0v) is 14.0. The predicted molar refractivity (Wildman–Crippen MR) is 88.9 cm³/mol. The van der Waals surface area contributed by atoms with Crippen LogP contribution in [0.15, 0.2) is 46.1 Å². The molecule has 0 radical (unpaired) electrons. The normalized spacial score (nSPS) is 11.8. The Morgan fingerprint density at radius 2 is 1.83 bits per heavy atom. The third-order valence-corrected chi connectivity index (χ3v) is 5.75. The van der Waals surface area contributed by atoms with E-state index >= 15 is 0 Å². The molecule has 9 heteroatoms. The maximum Gasteiger partial charge on any atom is 0.308 e. The van der Waals surface area contributed by atoms with Gasteiger partial charge in [0.05, 0.1) is 15.1 Å². The van der Waals surface area contributed by atoms with Crippen LogP contribution in [0.25, 0.3) is 10.2 Å². The van der Waals surface area contributed by atoms with E-state index in [-0.39, 0.29) is 9.77 Å². The van der Waals surface area contributed by atoms with Crippen molar-refractivity contribution in [3.8, 4) is 0 Å². The number of rotatable bonds is 4. The minimum atomic E-state index is -4.19. The number of thiazole rings is 1. The van der Waals surface area contributed by atoms with E-state index in [4.69, 9.17) is 0 Å². The molecule has 0 amide bonds. The number of hydrogen-bond donors (Lipinski definition) is 1. The summed E-state index contributed by atoms with van der Waals surface area (Å²) in [5.74, 6) is -2.03. The van der Waals surface area contributed by atoms with Crippen molar-refractivity contribution in [2.24, 2.45) is 0 Å². The topological polar surface area (TPSA) is 68.2 Å². The van der Waals surface area contributed by atoms with E-state index in [0.29, 0.717) is 16.8 Å². The molecule has 0 fully saturated rings. The molecule has 1 N–H and O–H groups in total. The molecule has 0 saturated heterocycles. The molecule has 0 unspecified atom stereocenters. The van der Waals surface area contributed by atoms with Gasteiger partial charge in [0.15, 0.2) is 0 Å². The summed E-state index contributed by atoms with van der Waals surface area (Å²) in [5.41, 5.74) is -0.125. The Kier molecular flexibility index (Phi) is 4.14. The summed E-state index contributed by atoms with van der Waals surface area (Å²) >= 11 is 0.913. The molecule has 2 aromatic carbocycles. The lowest BCUT2D eigenvalue weighted by atomic mass is 10.3. The second-order valence-corrected chi connectivity index (χ2v) is 7.62. The van der Waals surface area contributed by atoms with Crippen molar-refractivity contribution in [2.75, 3.05) is 4.72 Å². The van der Waals surface area contributed by atoms with Crippen molar-refractivity contribution in [2.45, 2.75) is 18.4 Å². The molecule has 0 aliphatic carbocycles. The summed E-state index contributed by atoms with van der Waals surface area (Å²) in [7, 11) is -4.19. The van der Waals surface area contributed by atoms with Crippen LogP contribution in [0, 0.1) is 11.6 Å². The van der Waals surface area contributed by atoms with Crippen LogP contribution in [0.3, 0.4) is 0 Å². The first-order chi connectivity index (χ1) is 11.3. The van der Waals surface area contributed by atoms with Crippen molar-refractivity contribution in [3.63, 3.8) is 0 Å².